The number of anilines is 1. The van der Waals surface area contributed by atoms with Crippen LogP contribution in [0, 0.1) is 13.8 Å². The van der Waals surface area contributed by atoms with Crippen molar-refractivity contribution in [1.29, 1.82) is 0 Å². The van der Waals surface area contributed by atoms with E-state index < -0.39 is 0 Å². The van der Waals surface area contributed by atoms with Crippen molar-refractivity contribution in [2.24, 2.45) is 0 Å². The molecule has 0 spiro atoms. The number of rotatable bonds is 7. The van der Waals surface area contributed by atoms with E-state index in [-0.39, 0.29) is 12.3 Å². The van der Waals surface area contributed by atoms with Crippen molar-refractivity contribution in [2.45, 2.75) is 26.7 Å². The van der Waals surface area contributed by atoms with E-state index in [1.165, 1.54) is 5.56 Å². The highest BCUT2D eigenvalue weighted by Gasteiger charge is 2.11. The highest BCUT2D eigenvalue weighted by atomic mass is 32.1. The number of nitrogens with zero attached hydrogens (tertiary/aromatic N) is 3. The summed E-state index contributed by atoms with van der Waals surface area (Å²) in [5, 5.41) is 10.6. The summed E-state index contributed by atoms with van der Waals surface area (Å²) in [6.45, 7) is 4.08. The molecule has 1 aromatic carbocycles. The quantitative estimate of drug-likeness (QED) is 0.443. The zero-order valence-electron chi connectivity index (χ0n) is 16.6. The van der Waals surface area contributed by atoms with Gasteiger partial charge in [0.25, 0.3) is 0 Å². The van der Waals surface area contributed by atoms with E-state index in [2.05, 4.69) is 27.4 Å². The molecule has 1 N–H and O–H groups in total. The molecule has 1 amide bonds. The van der Waals surface area contributed by atoms with Gasteiger partial charge in [-0.05, 0) is 54.6 Å². The molecule has 0 aliphatic heterocycles. The van der Waals surface area contributed by atoms with Crippen LogP contribution in [0.15, 0.2) is 57.9 Å². The Bertz CT molecular complexity index is 1140. The van der Waals surface area contributed by atoms with Gasteiger partial charge < -0.3 is 14.6 Å². The van der Waals surface area contributed by atoms with Crippen molar-refractivity contribution in [3.8, 4) is 23.0 Å². The first kappa shape index (κ1) is 19.8. The summed E-state index contributed by atoms with van der Waals surface area (Å²) < 4.78 is 11.0. The highest BCUT2D eigenvalue weighted by Crippen LogP contribution is 2.23. The molecule has 152 valence electrons. The Balaban J connectivity index is 1.28. The molecule has 0 unspecified atom stereocenters. The SMILES string of the molecule is Cc1ccc(Oc2ccc(NC(=O)CCc3nc(-c4ccsc4)no3)cn2)cc1C. The first-order chi connectivity index (χ1) is 14.6. The minimum Gasteiger partial charge on any atom is -0.439 e. The normalized spacial score (nSPS) is 10.7. The van der Waals surface area contributed by atoms with E-state index in [1.54, 1.807) is 29.7 Å². The number of hydrogen-bond acceptors (Lipinski definition) is 7. The second-order valence-corrected chi connectivity index (χ2v) is 7.59. The van der Waals surface area contributed by atoms with Gasteiger partial charge in [-0.2, -0.15) is 16.3 Å². The van der Waals surface area contributed by atoms with Crippen LogP contribution in [0.4, 0.5) is 5.69 Å². The second-order valence-electron chi connectivity index (χ2n) is 6.81. The molecule has 0 saturated carbocycles. The average molecular weight is 420 g/mol. The van der Waals surface area contributed by atoms with Crippen LogP contribution in [0.3, 0.4) is 0 Å². The molecule has 0 atom stereocenters. The maximum absolute atomic E-state index is 12.2. The number of aryl methyl sites for hydroxylation is 3. The lowest BCUT2D eigenvalue weighted by molar-refractivity contribution is -0.116. The largest absolute Gasteiger partial charge is 0.439 e. The lowest BCUT2D eigenvalue weighted by Gasteiger charge is -2.08. The maximum Gasteiger partial charge on any atom is 0.227 e. The first-order valence-electron chi connectivity index (χ1n) is 9.43. The van der Waals surface area contributed by atoms with Crippen LogP contribution < -0.4 is 10.1 Å². The van der Waals surface area contributed by atoms with Crippen LogP contribution in [0.5, 0.6) is 11.6 Å². The summed E-state index contributed by atoms with van der Waals surface area (Å²) >= 11 is 1.56. The molecular weight excluding hydrogens is 400 g/mol. The van der Waals surface area contributed by atoms with Gasteiger partial charge >= 0.3 is 0 Å². The van der Waals surface area contributed by atoms with Crippen molar-refractivity contribution >= 4 is 22.9 Å². The molecule has 3 heterocycles. The number of ether oxygens (including phenoxy) is 1. The van der Waals surface area contributed by atoms with Crippen molar-refractivity contribution < 1.29 is 14.1 Å². The molecule has 0 saturated heterocycles. The second kappa shape index (κ2) is 8.87. The molecule has 4 aromatic rings. The van der Waals surface area contributed by atoms with Crippen LogP contribution in [0.1, 0.15) is 23.4 Å². The number of hydrogen-bond donors (Lipinski definition) is 1. The van der Waals surface area contributed by atoms with Crippen LogP contribution in [0.25, 0.3) is 11.4 Å². The van der Waals surface area contributed by atoms with Gasteiger partial charge in [0.1, 0.15) is 5.75 Å². The van der Waals surface area contributed by atoms with Gasteiger partial charge in [-0.15, -0.1) is 0 Å². The van der Waals surface area contributed by atoms with Crippen LogP contribution in [0.2, 0.25) is 0 Å². The van der Waals surface area contributed by atoms with E-state index in [4.69, 9.17) is 9.26 Å². The van der Waals surface area contributed by atoms with Gasteiger partial charge in [0.05, 0.1) is 11.9 Å². The van der Waals surface area contributed by atoms with Crippen molar-refractivity contribution in [3.05, 3.63) is 70.4 Å². The van der Waals surface area contributed by atoms with Gasteiger partial charge in [0, 0.05) is 29.9 Å². The fourth-order valence-corrected chi connectivity index (χ4v) is 3.36. The van der Waals surface area contributed by atoms with Gasteiger partial charge in [-0.3, -0.25) is 4.79 Å². The third-order valence-electron chi connectivity index (χ3n) is 4.53. The molecule has 30 heavy (non-hydrogen) atoms. The third kappa shape index (κ3) is 4.90. The Morgan fingerprint density at radius 2 is 2.07 bits per heavy atom. The maximum atomic E-state index is 12.2. The van der Waals surface area contributed by atoms with Gasteiger partial charge in [-0.1, -0.05) is 11.2 Å². The lowest BCUT2D eigenvalue weighted by Crippen LogP contribution is -2.12. The predicted molar refractivity (Wildman–Crippen MR) is 115 cm³/mol. The number of pyridine rings is 1. The zero-order valence-corrected chi connectivity index (χ0v) is 17.4. The summed E-state index contributed by atoms with van der Waals surface area (Å²) in [7, 11) is 0. The summed E-state index contributed by atoms with van der Waals surface area (Å²) in [5.74, 6) is 2.00. The Morgan fingerprint density at radius 1 is 1.17 bits per heavy atom. The van der Waals surface area contributed by atoms with E-state index >= 15 is 0 Å². The van der Waals surface area contributed by atoms with E-state index in [0.29, 0.717) is 29.7 Å². The zero-order chi connectivity index (χ0) is 20.9. The Kier molecular flexibility index (Phi) is 5.85. The summed E-state index contributed by atoms with van der Waals surface area (Å²) in [5.41, 5.74) is 3.86. The standard InChI is InChI=1S/C22H20N4O3S/c1-14-3-5-18(11-15(14)2)28-20-7-4-17(12-23-20)24-19(27)6-8-21-25-22(26-29-21)16-9-10-30-13-16/h3-5,7,9-13H,6,8H2,1-2H3,(H,24,27). The van der Waals surface area contributed by atoms with Crippen LogP contribution in [-0.2, 0) is 11.2 Å². The monoisotopic (exact) mass is 420 g/mol. The third-order valence-corrected chi connectivity index (χ3v) is 5.22. The Hall–Kier alpha value is -3.52. The fraction of sp³-hybridized carbons (Fsp3) is 0.182. The number of thiophene rings is 1. The minimum atomic E-state index is -0.157. The number of benzene rings is 1. The summed E-state index contributed by atoms with van der Waals surface area (Å²) in [6, 6.07) is 11.3. The van der Waals surface area contributed by atoms with Crippen LogP contribution in [-0.4, -0.2) is 21.0 Å². The van der Waals surface area contributed by atoms with Crippen LogP contribution >= 0.6 is 11.3 Å². The molecule has 0 bridgehead atoms. The number of aromatic nitrogens is 3. The Labute approximate surface area is 177 Å². The fourth-order valence-electron chi connectivity index (χ4n) is 2.72. The van der Waals surface area contributed by atoms with Gasteiger partial charge in [0.2, 0.25) is 23.5 Å². The molecule has 8 heteroatoms. The highest BCUT2D eigenvalue weighted by molar-refractivity contribution is 7.08. The van der Waals surface area contributed by atoms with Crippen molar-refractivity contribution in [1.82, 2.24) is 15.1 Å². The van der Waals surface area contributed by atoms with E-state index in [9.17, 15) is 4.79 Å². The van der Waals surface area contributed by atoms with Gasteiger partial charge in [-0.25, -0.2) is 4.98 Å². The number of carbonyl (C=O) groups excluding carboxylic acids is 1. The number of amides is 1. The Morgan fingerprint density at radius 3 is 2.80 bits per heavy atom. The van der Waals surface area contributed by atoms with Crippen molar-refractivity contribution in [3.63, 3.8) is 0 Å². The molecule has 0 radical (unpaired) electrons. The molecule has 7 nitrogen and oxygen atoms in total. The summed E-state index contributed by atoms with van der Waals surface area (Å²) in [6.07, 6.45) is 2.16. The summed E-state index contributed by atoms with van der Waals surface area (Å²) in [4.78, 5) is 20.8. The molecule has 0 fully saturated rings. The molecule has 4 rings (SSSR count). The molecule has 0 aliphatic rings. The average Bonchev–Trinajstić information content (AvgIpc) is 3.42. The number of carbonyl (C=O) groups is 1. The first-order valence-corrected chi connectivity index (χ1v) is 10.4. The molecule has 3 aromatic heterocycles. The predicted octanol–water partition coefficient (Wildman–Crippen LogP) is 5.17. The lowest BCUT2D eigenvalue weighted by atomic mass is 10.1. The number of nitrogens with one attached hydrogen (secondary N) is 1. The van der Waals surface area contributed by atoms with E-state index in [1.807, 2.05) is 41.9 Å². The topological polar surface area (TPSA) is 90.1 Å². The smallest absolute Gasteiger partial charge is 0.227 e. The van der Waals surface area contributed by atoms with E-state index in [0.717, 1.165) is 16.9 Å². The molecular formula is C22H20N4O3S. The molecule has 0 aliphatic carbocycles. The van der Waals surface area contributed by atoms with Gasteiger partial charge in [0.15, 0.2) is 0 Å². The minimum absolute atomic E-state index is 0.157. The van der Waals surface area contributed by atoms with Crippen molar-refractivity contribution in [2.75, 3.05) is 5.32 Å².